The van der Waals surface area contributed by atoms with Crippen LogP contribution in [-0.2, 0) is 6.54 Å². The predicted molar refractivity (Wildman–Crippen MR) is 113 cm³/mol. The summed E-state index contributed by atoms with van der Waals surface area (Å²) in [5, 5.41) is 7.23. The molecule has 0 saturated heterocycles. The van der Waals surface area contributed by atoms with E-state index in [1.807, 2.05) is 42.8 Å². The van der Waals surface area contributed by atoms with Crippen molar-refractivity contribution in [3.05, 3.63) is 95.1 Å². The number of aromatic nitrogens is 4. The van der Waals surface area contributed by atoms with Crippen LogP contribution in [0.2, 0.25) is 0 Å². The second-order valence-electron chi connectivity index (χ2n) is 7.25. The Kier molecular flexibility index (Phi) is 5.18. The maximum atomic E-state index is 14.6. The van der Waals surface area contributed by atoms with Gasteiger partial charge in [0.2, 0.25) is 0 Å². The van der Waals surface area contributed by atoms with E-state index in [0.29, 0.717) is 29.3 Å². The lowest BCUT2D eigenvalue weighted by Gasteiger charge is -2.11. The van der Waals surface area contributed by atoms with E-state index in [0.717, 1.165) is 17.0 Å². The van der Waals surface area contributed by atoms with Crippen molar-refractivity contribution in [2.75, 3.05) is 5.32 Å². The van der Waals surface area contributed by atoms with Gasteiger partial charge in [-0.3, -0.25) is 9.48 Å². The maximum Gasteiger partial charge on any atom is 0.255 e. The van der Waals surface area contributed by atoms with Crippen LogP contribution in [0.15, 0.2) is 60.9 Å². The van der Waals surface area contributed by atoms with Crippen molar-refractivity contribution in [1.82, 2.24) is 19.3 Å². The zero-order chi connectivity index (χ0) is 21.3. The number of anilines is 1. The van der Waals surface area contributed by atoms with Gasteiger partial charge in [-0.25, -0.2) is 9.37 Å². The number of amides is 1. The summed E-state index contributed by atoms with van der Waals surface area (Å²) >= 11 is 0. The highest BCUT2D eigenvalue weighted by Gasteiger charge is 2.12. The Labute approximate surface area is 174 Å². The van der Waals surface area contributed by atoms with E-state index in [4.69, 9.17) is 0 Å². The zero-order valence-electron chi connectivity index (χ0n) is 17.1. The fourth-order valence-electron chi connectivity index (χ4n) is 3.43. The number of rotatable bonds is 5. The normalized spacial score (nSPS) is 10.9. The second kappa shape index (κ2) is 7.94. The van der Waals surface area contributed by atoms with Gasteiger partial charge < -0.3 is 9.88 Å². The van der Waals surface area contributed by atoms with Gasteiger partial charge >= 0.3 is 0 Å². The predicted octanol–water partition coefficient (Wildman–Crippen LogP) is 4.43. The minimum atomic E-state index is -0.438. The number of nitrogens with zero attached hydrogens (tertiary/aromatic N) is 4. The van der Waals surface area contributed by atoms with Gasteiger partial charge in [-0.05, 0) is 62.7 Å². The van der Waals surface area contributed by atoms with E-state index in [-0.39, 0.29) is 5.91 Å². The number of benzene rings is 2. The first-order valence-electron chi connectivity index (χ1n) is 9.62. The summed E-state index contributed by atoms with van der Waals surface area (Å²) in [5.41, 5.74) is 4.26. The Morgan fingerprint density at radius 3 is 2.60 bits per heavy atom. The molecule has 2 aromatic carbocycles. The molecule has 30 heavy (non-hydrogen) atoms. The van der Waals surface area contributed by atoms with Crippen LogP contribution < -0.4 is 5.32 Å². The lowest BCUT2D eigenvalue weighted by molar-refractivity contribution is 0.102. The van der Waals surface area contributed by atoms with Gasteiger partial charge in [0.05, 0.1) is 17.9 Å². The van der Waals surface area contributed by atoms with Gasteiger partial charge in [0.25, 0.3) is 5.91 Å². The van der Waals surface area contributed by atoms with Crippen LogP contribution in [0.3, 0.4) is 0 Å². The highest BCUT2D eigenvalue weighted by Crippen LogP contribution is 2.20. The summed E-state index contributed by atoms with van der Waals surface area (Å²) < 4.78 is 18.1. The van der Waals surface area contributed by atoms with Crippen molar-refractivity contribution >= 4 is 11.6 Å². The Balaban J connectivity index is 1.51. The van der Waals surface area contributed by atoms with Crippen molar-refractivity contribution in [2.45, 2.75) is 27.3 Å². The summed E-state index contributed by atoms with van der Waals surface area (Å²) in [5.74, 6) is -0.0477. The van der Waals surface area contributed by atoms with E-state index in [1.165, 1.54) is 6.07 Å². The molecule has 0 aliphatic heterocycles. The van der Waals surface area contributed by atoms with E-state index in [1.54, 1.807) is 42.1 Å². The van der Waals surface area contributed by atoms with Crippen molar-refractivity contribution < 1.29 is 9.18 Å². The molecule has 0 aliphatic carbocycles. The summed E-state index contributed by atoms with van der Waals surface area (Å²) in [7, 11) is 0. The molecule has 0 atom stereocenters. The number of imidazole rings is 1. The van der Waals surface area contributed by atoms with E-state index >= 15 is 0 Å². The SMILES string of the molecule is Cc1cc(C)n(Cc2cccc(C(=O)Nc3ccc(-n4ccnc4C)c(F)c3)c2)n1. The summed E-state index contributed by atoms with van der Waals surface area (Å²) in [4.78, 5) is 16.8. The highest BCUT2D eigenvalue weighted by atomic mass is 19.1. The van der Waals surface area contributed by atoms with E-state index in [9.17, 15) is 9.18 Å². The first kappa shape index (κ1) is 19.6. The summed E-state index contributed by atoms with van der Waals surface area (Å²) in [6.45, 7) is 6.33. The van der Waals surface area contributed by atoms with Crippen molar-refractivity contribution in [2.24, 2.45) is 0 Å². The molecule has 0 saturated carbocycles. The summed E-state index contributed by atoms with van der Waals surface area (Å²) in [6, 6.07) is 14.0. The Morgan fingerprint density at radius 1 is 1.10 bits per heavy atom. The second-order valence-corrected chi connectivity index (χ2v) is 7.25. The highest BCUT2D eigenvalue weighted by molar-refractivity contribution is 6.04. The monoisotopic (exact) mass is 403 g/mol. The molecule has 7 heteroatoms. The molecule has 6 nitrogen and oxygen atoms in total. The quantitative estimate of drug-likeness (QED) is 0.536. The molecule has 0 aliphatic rings. The molecule has 2 heterocycles. The van der Waals surface area contributed by atoms with Gasteiger partial charge in [-0.2, -0.15) is 5.10 Å². The molecular weight excluding hydrogens is 381 g/mol. The van der Waals surface area contributed by atoms with Crippen LogP contribution in [0.25, 0.3) is 5.69 Å². The molecule has 1 N–H and O–H groups in total. The number of nitrogens with one attached hydrogen (secondary N) is 1. The van der Waals surface area contributed by atoms with E-state index < -0.39 is 5.82 Å². The number of carbonyl (C=O) groups excluding carboxylic acids is 1. The lowest BCUT2D eigenvalue weighted by atomic mass is 10.1. The smallest absolute Gasteiger partial charge is 0.255 e. The molecule has 4 rings (SSSR count). The average molecular weight is 403 g/mol. The molecule has 2 aromatic heterocycles. The third-order valence-corrected chi connectivity index (χ3v) is 4.92. The fourth-order valence-corrected chi connectivity index (χ4v) is 3.43. The standard InChI is InChI=1S/C23H22FN5O/c1-15-11-16(2)29(27-15)14-18-5-4-6-19(12-18)23(30)26-20-7-8-22(21(24)13-20)28-10-9-25-17(28)3/h4-13H,14H2,1-3H3,(H,26,30). The molecule has 0 spiro atoms. The Bertz CT molecular complexity index is 1220. The van der Waals surface area contributed by atoms with Crippen molar-refractivity contribution in [3.63, 3.8) is 0 Å². The molecule has 0 fully saturated rings. The third-order valence-electron chi connectivity index (χ3n) is 4.92. The van der Waals surface area contributed by atoms with Gasteiger partial charge in [0.1, 0.15) is 11.6 Å². The topological polar surface area (TPSA) is 64.7 Å². The fraction of sp³-hybridized carbons (Fsp3) is 0.174. The van der Waals surface area contributed by atoms with Gasteiger partial charge in [-0.15, -0.1) is 0 Å². The average Bonchev–Trinajstić information content (AvgIpc) is 3.26. The molecule has 4 aromatic rings. The van der Waals surface area contributed by atoms with Crippen LogP contribution in [0.5, 0.6) is 0 Å². The van der Waals surface area contributed by atoms with Gasteiger partial charge in [0.15, 0.2) is 0 Å². The minimum Gasteiger partial charge on any atom is -0.322 e. The first-order chi connectivity index (χ1) is 14.4. The van der Waals surface area contributed by atoms with Gasteiger partial charge in [-0.1, -0.05) is 12.1 Å². The third kappa shape index (κ3) is 4.00. The molecule has 152 valence electrons. The van der Waals surface area contributed by atoms with Crippen LogP contribution in [-0.4, -0.2) is 25.2 Å². The van der Waals surface area contributed by atoms with Crippen molar-refractivity contribution in [3.8, 4) is 5.69 Å². The zero-order valence-corrected chi connectivity index (χ0v) is 17.1. The number of carbonyl (C=O) groups is 1. The number of hydrogen-bond acceptors (Lipinski definition) is 3. The molecule has 0 bridgehead atoms. The maximum absolute atomic E-state index is 14.6. The summed E-state index contributed by atoms with van der Waals surface area (Å²) in [6.07, 6.45) is 3.31. The number of halogens is 1. The Hall–Kier alpha value is -3.74. The largest absolute Gasteiger partial charge is 0.322 e. The number of hydrogen-bond donors (Lipinski definition) is 1. The van der Waals surface area contributed by atoms with Crippen LogP contribution in [0, 0.1) is 26.6 Å². The van der Waals surface area contributed by atoms with Crippen LogP contribution in [0.1, 0.15) is 33.1 Å². The molecule has 1 amide bonds. The Morgan fingerprint density at radius 2 is 1.93 bits per heavy atom. The molecule has 0 radical (unpaired) electrons. The van der Waals surface area contributed by atoms with Crippen LogP contribution in [0.4, 0.5) is 10.1 Å². The van der Waals surface area contributed by atoms with Gasteiger partial charge in [0, 0.05) is 29.3 Å². The molecule has 0 unspecified atom stereocenters. The van der Waals surface area contributed by atoms with Crippen LogP contribution >= 0.6 is 0 Å². The van der Waals surface area contributed by atoms with Crippen molar-refractivity contribution in [1.29, 1.82) is 0 Å². The molecular formula is C23H22FN5O. The van der Waals surface area contributed by atoms with E-state index in [2.05, 4.69) is 15.4 Å². The lowest BCUT2D eigenvalue weighted by Crippen LogP contribution is -2.13. The first-order valence-corrected chi connectivity index (χ1v) is 9.62. The number of aryl methyl sites for hydroxylation is 3. The minimum absolute atomic E-state index is 0.295.